The van der Waals surface area contributed by atoms with Crippen LogP contribution >= 0.6 is 15.9 Å². The first kappa shape index (κ1) is 23.4. The molecular formula is C24H38BrN3O2. The molecule has 0 radical (unpaired) electrons. The van der Waals surface area contributed by atoms with Crippen LogP contribution in [0.15, 0.2) is 22.7 Å². The highest BCUT2D eigenvalue weighted by atomic mass is 79.9. The van der Waals surface area contributed by atoms with Gasteiger partial charge in [0, 0.05) is 17.6 Å². The molecule has 2 aliphatic heterocycles. The Kier molecular flexibility index (Phi) is 8.87. The van der Waals surface area contributed by atoms with Crippen molar-refractivity contribution in [3.8, 4) is 5.75 Å². The lowest BCUT2D eigenvalue weighted by Crippen LogP contribution is -2.41. The highest BCUT2D eigenvalue weighted by molar-refractivity contribution is 9.10. The summed E-state index contributed by atoms with van der Waals surface area (Å²) < 4.78 is 7.07. The number of piperidine rings is 2. The maximum atomic E-state index is 11.2. The molecule has 2 amide bonds. The van der Waals surface area contributed by atoms with Gasteiger partial charge in [0.05, 0.1) is 6.10 Å². The Labute approximate surface area is 190 Å². The molecule has 2 saturated heterocycles. The third-order valence-electron chi connectivity index (χ3n) is 6.62. The van der Waals surface area contributed by atoms with Crippen LogP contribution in [0.1, 0.15) is 57.9 Å². The number of benzene rings is 1. The quantitative estimate of drug-likeness (QED) is 0.566. The summed E-state index contributed by atoms with van der Waals surface area (Å²) in [5.74, 6) is 2.49. The lowest BCUT2D eigenvalue weighted by Gasteiger charge is -2.33. The number of nitrogens with two attached hydrogens (primary N) is 1. The molecule has 1 aromatic rings. The van der Waals surface area contributed by atoms with Crippen molar-refractivity contribution >= 4 is 22.0 Å². The highest BCUT2D eigenvalue weighted by Gasteiger charge is 2.23. The van der Waals surface area contributed by atoms with E-state index in [1.54, 1.807) is 4.90 Å². The molecule has 0 saturated carbocycles. The van der Waals surface area contributed by atoms with Crippen molar-refractivity contribution in [3.63, 3.8) is 0 Å². The van der Waals surface area contributed by atoms with Gasteiger partial charge in [-0.05, 0) is 114 Å². The summed E-state index contributed by atoms with van der Waals surface area (Å²) in [6, 6.07) is 6.12. The summed E-state index contributed by atoms with van der Waals surface area (Å²) in [7, 11) is 0. The van der Waals surface area contributed by atoms with Crippen molar-refractivity contribution in [1.82, 2.24) is 9.80 Å². The van der Waals surface area contributed by atoms with Gasteiger partial charge in [-0.2, -0.15) is 0 Å². The zero-order valence-electron chi connectivity index (χ0n) is 18.6. The predicted octanol–water partition coefficient (Wildman–Crippen LogP) is 5.06. The Hall–Kier alpha value is -1.27. The van der Waals surface area contributed by atoms with Crippen LogP contribution < -0.4 is 10.5 Å². The molecule has 5 nitrogen and oxygen atoms in total. The molecule has 30 heavy (non-hydrogen) atoms. The summed E-state index contributed by atoms with van der Waals surface area (Å²) in [5, 5.41) is 0. The third kappa shape index (κ3) is 7.16. The average Bonchev–Trinajstić information content (AvgIpc) is 2.72. The number of carbonyl (C=O) groups is 1. The van der Waals surface area contributed by atoms with Crippen LogP contribution in [-0.2, 0) is 6.42 Å². The van der Waals surface area contributed by atoms with E-state index >= 15 is 0 Å². The number of hydrogen-bond donors (Lipinski definition) is 1. The Bertz CT molecular complexity index is 681. The van der Waals surface area contributed by atoms with E-state index in [2.05, 4.69) is 46.8 Å². The van der Waals surface area contributed by atoms with Gasteiger partial charge in [0.15, 0.2) is 0 Å². The van der Waals surface area contributed by atoms with Gasteiger partial charge in [-0.3, -0.25) is 0 Å². The first-order chi connectivity index (χ1) is 14.4. The van der Waals surface area contributed by atoms with Crippen molar-refractivity contribution in [2.75, 3.05) is 32.7 Å². The minimum atomic E-state index is -0.262. The molecule has 0 unspecified atom stereocenters. The Morgan fingerprint density at radius 3 is 2.43 bits per heavy atom. The van der Waals surface area contributed by atoms with Crippen molar-refractivity contribution in [2.45, 2.75) is 64.9 Å². The molecule has 0 aliphatic carbocycles. The molecule has 168 valence electrons. The summed E-state index contributed by atoms with van der Waals surface area (Å²) in [6.45, 7) is 9.46. The molecule has 2 fully saturated rings. The van der Waals surface area contributed by atoms with Gasteiger partial charge in [0.25, 0.3) is 0 Å². The minimum absolute atomic E-state index is 0.206. The lowest BCUT2D eigenvalue weighted by atomic mass is 9.89. The zero-order chi connectivity index (χ0) is 21.5. The standard InChI is InChI=1S/C24H38BrN3O2/c1-18(2)30-22-5-6-23(25)21(17-22)16-20-7-12-27(13-8-20)11-3-4-19-9-14-28(15-10-19)24(26)29/h5-6,17-20H,3-4,7-16H2,1-2H3,(H2,26,29). The van der Waals surface area contributed by atoms with E-state index in [9.17, 15) is 4.79 Å². The third-order valence-corrected chi connectivity index (χ3v) is 7.39. The van der Waals surface area contributed by atoms with Gasteiger partial charge in [-0.15, -0.1) is 0 Å². The molecule has 0 aromatic heterocycles. The van der Waals surface area contributed by atoms with Crippen LogP contribution in [-0.4, -0.2) is 54.7 Å². The number of likely N-dealkylation sites (tertiary alicyclic amines) is 2. The first-order valence-electron chi connectivity index (χ1n) is 11.6. The molecule has 2 N–H and O–H groups in total. The number of urea groups is 1. The van der Waals surface area contributed by atoms with Gasteiger partial charge >= 0.3 is 6.03 Å². The van der Waals surface area contributed by atoms with Gasteiger partial charge < -0.3 is 20.3 Å². The van der Waals surface area contributed by atoms with Gasteiger partial charge in [0.1, 0.15) is 5.75 Å². The first-order valence-corrected chi connectivity index (χ1v) is 12.4. The number of primary amides is 1. The maximum absolute atomic E-state index is 11.2. The van der Waals surface area contributed by atoms with Gasteiger partial charge in [-0.1, -0.05) is 15.9 Å². The molecule has 0 spiro atoms. The number of hydrogen-bond acceptors (Lipinski definition) is 3. The van der Waals surface area contributed by atoms with E-state index in [-0.39, 0.29) is 12.1 Å². The minimum Gasteiger partial charge on any atom is -0.491 e. The zero-order valence-corrected chi connectivity index (χ0v) is 20.2. The number of amides is 2. The molecule has 2 heterocycles. The molecule has 2 aliphatic rings. The number of rotatable bonds is 8. The molecule has 1 aromatic carbocycles. The van der Waals surface area contributed by atoms with E-state index < -0.39 is 0 Å². The van der Waals surface area contributed by atoms with E-state index in [0.717, 1.165) is 49.9 Å². The number of halogens is 1. The molecule has 0 atom stereocenters. The summed E-state index contributed by atoms with van der Waals surface area (Å²) in [4.78, 5) is 15.7. The lowest BCUT2D eigenvalue weighted by molar-refractivity contribution is 0.161. The fraction of sp³-hybridized carbons (Fsp3) is 0.708. The van der Waals surface area contributed by atoms with Crippen molar-refractivity contribution < 1.29 is 9.53 Å². The predicted molar refractivity (Wildman–Crippen MR) is 126 cm³/mol. The second kappa shape index (κ2) is 11.4. The Balaban J connectivity index is 1.35. The number of nitrogens with zero attached hydrogens (tertiary/aromatic N) is 2. The topological polar surface area (TPSA) is 58.8 Å². The van der Waals surface area contributed by atoms with Crippen LogP contribution in [0.4, 0.5) is 4.79 Å². The van der Waals surface area contributed by atoms with Crippen molar-refractivity contribution in [2.24, 2.45) is 17.6 Å². The Morgan fingerprint density at radius 1 is 1.13 bits per heavy atom. The molecule has 3 rings (SSSR count). The molecule has 6 heteroatoms. The maximum Gasteiger partial charge on any atom is 0.314 e. The summed E-state index contributed by atoms with van der Waals surface area (Å²) in [5.41, 5.74) is 6.75. The van der Waals surface area contributed by atoms with E-state index in [1.165, 1.54) is 55.4 Å². The fourth-order valence-electron chi connectivity index (χ4n) is 4.82. The average molecular weight is 480 g/mol. The van der Waals surface area contributed by atoms with Crippen LogP contribution in [0.5, 0.6) is 5.75 Å². The number of carbonyl (C=O) groups excluding carboxylic acids is 1. The van der Waals surface area contributed by atoms with Crippen LogP contribution in [0.2, 0.25) is 0 Å². The van der Waals surface area contributed by atoms with Crippen LogP contribution in [0.25, 0.3) is 0 Å². The summed E-state index contributed by atoms with van der Waals surface area (Å²) in [6.07, 6.45) is 8.66. The van der Waals surface area contributed by atoms with E-state index in [4.69, 9.17) is 10.5 Å². The van der Waals surface area contributed by atoms with Gasteiger partial charge in [0.2, 0.25) is 0 Å². The van der Waals surface area contributed by atoms with E-state index in [1.807, 2.05) is 6.07 Å². The largest absolute Gasteiger partial charge is 0.491 e. The SMILES string of the molecule is CC(C)Oc1ccc(Br)c(CC2CCN(CCCC3CCN(C(N)=O)CC3)CC2)c1. The molecule has 0 bridgehead atoms. The van der Waals surface area contributed by atoms with Gasteiger partial charge in [-0.25, -0.2) is 4.79 Å². The smallest absolute Gasteiger partial charge is 0.314 e. The second-order valence-corrected chi connectivity index (χ2v) is 10.2. The highest BCUT2D eigenvalue weighted by Crippen LogP contribution is 2.29. The monoisotopic (exact) mass is 479 g/mol. The normalized spacial score (nSPS) is 19.4. The number of ether oxygens (including phenoxy) is 1. The summed E-state index contributed by atoms with van der Waals surface area (Å²) >= 11 is 3.72. The fourth-order valence-corrected chi connectivity index (χ4v) is 5.23. The Morgan fingerprint density at radius 2 is 1.80 bits per heavy atom. The van der Waals surface area contributed by atoms with Crippen LogP contribution in [0.3, 0.4) is 0 Å². The van der Waals surface area contributed by atoms with E-state index in [0.29, 0.717) is 0 Å². The van der Waals surface area contributed by atoms with Crippen LogP contribution in [0, 0.1) is 11.8 Å². The molecular weight excluding hydrogens is 442 g/mol. The van der Waals surface area contributed by atoms with Crippen molar-refractivity contribution in [1.29, 1.82) is 0 Å². The second-order valence-electron chi connectivity index (χ2n) is 9.32. The van der Waals surface area contributed by atoms with Crippen molar-refractivity contribution in [3.05, 3.63) is 28.2 Å².